The first kappa shape index (κ1) is 41.7. The summed E-state index contributed by atoms with van der Waals surface area (Å²) in [7, 11) is -4.00. The van der Waals surface area contributed by atoms with Crippen LogP contribution in [0.3, 0.4) is 0 Å². The molecule has 7 atom stereocenters. The average Bonchev–Trinajstić information content (AvgIpc) is 4.05. The number of hydrogen-bond acceptors (Lipinski definition) is 11. The molecule has 16 heteroatoms. The van der Waals surface area contributed by atoms with Crippen molar-refractivity contribution in [2.24, 2.45) is 17.8 Å². The predicted octanol–water partition coefficient (Wildman–Crippen LogP) is 4.20. The van der Waals surface area contributed by atoms with Crippen LogP contribution in [0.2, 0.25) is 0 Å². The summed E-state index contributed by atoms with van der Waals surface area (Å²) in [6, 6.07) is 5.62. The molecule has 1 aromatic heterocycles. The van der Waals surface area contributed by atoms with Crippen molar-refractivity contribution in [1.29, 1.82) is 0 Å². The molecular weight excluding hydrogens is 765 g/mol. The second kappa shape index (κ2) is 16.0. The average molecular weight is 823 g/mol. The summed E-state index contributed by atoms with van der Waals surface area (Å²) in [5, 5.41) is 7.47. The molecule has 7 rings (SSSR count). The quantitative estimate of drug-likeness (QED) is 0.340. The van der Waals surface area contributed by atoms with Crippen LogP contribution in [-0.2, 0) is 33.9 Å². The van der Waals surface area contributed by atoms with Gasteiger partial charge in [0.1, 0.15) is 29.3 Å². The van der Waals surface area contributed by atoms with E-state index in [1.165, 1.54) is 4.90 Å². The predicted molar refractivity (Wildman–Crippen MR) is 217 cm³/mol. The van der Waals surface area contributed by atoms with Gasteiger partial charge in [-0.25, -0.2) is 18.2 Å². The van der Waals surface area contributed by atoms with Crippen molar-refractivity contribution < 1.29 is 41.8 Å². The van der Waals surface area contributed by atoms with Crippen molar-refractivity contribution in [3.05, 3.63) is 42.6 Å². The Kier molecular flexibility index (Phi) is 11.5. The third-order valence-electron chi connectivity index (χ3n) is 12.3. The molecule has 0 spiro atoms. The van der Waals surface area contributed by atoms with Crippen molar-refractivity contribution in [3.8, 4) is 5.88 Å². The maximum atomic E-state index is 14.9. The highest BCUT2D eigenvalue weighted by Gasteiger charge is 2.63. The molecule has 0 bridgehead atoms. The molecule has 4 fully saturated rings. The first-order valence-electron chi connectivity index (χ1n) is 20.6. The number of nitrogens with one attached hydrogen (secondary N) is 3. The van der Waals surface area contributed by atoms with E-state index < -0.39 is 73.8 Å². The van der Waals surface area contributed by atoms with Gasteiger partial charge in [0.25, 0.3) is 5.91 Å². The van der Waals surface area contributed by atoms with Crippen LogP contribution in [0.5, 0.6) is 5.88 Å². The zero-order chi connectivity index (χ0) is 41.6. The first-order valence-corrected chi connectivity index (χ1v) is 22.1. The minimum Gasteiger partial charge on any atom is -0.472 e. The van der Waals surface area contributed by atoms with Crippen LogP contribution in [0.25, 0.3) is 10.8 Å². The highest BCUT2D eigenvalue weighted by molar-refractivity contribution is 7.91. The fourth-order valence-electron chi connectivity index (χ4n) is 8.49. The number of carbonyl (C=O) groups excluding carboxylic acids is 4. The standard InChI is InChI=1S/C42H58N6O9S/c1-26-11-7-8-12-28-23-42(28,38(51)46-58(53,54)41(6)15-16-41)45-35(49)32-22-29(25-48(32)37(50)34(27(2)21-26)44-39(52)57-40(3,4)5)56-36-31-14-10-9-13-30(31)33(24-43-36)47-17-19-55-20-18-47/h8-10,12-14,24,26-29,32,34H,7,11,15-23,25H2,1-6H3,(H,44,52)(H,45,49)(H,46,51)/b12-8-/t26-,27+,28+,29+,32-,34-,42+/m0/s1. The molecule has 3 N–H and O–H groups in total. The lowest BCUT2D eigenvalue weighted by molar-refractivity contribution is -0.142. The maximum Gasteiger partial charge on any atom is 0.408 e. The number of rotatable bonds is 7. The van der Waals surface area contributed by atoms with Crippen LogP contribution >= 0.6 is 0 Å². The fraction of sp³-hybridized carbons (Fsp3) is 0.643. The van der Waals surface area contributed by atoms with Crippen molar-refractivity contribution in [2.45, 2.75) is 121 Å². The first-order chi connectivity index (χ1) is 27.4. The lowest BCUT2D eigenvalue weighted by Crippen LogP contribution is -2.59. The summed E-state index contributed by atoms with van der Waals surface area (Å²) in [6.45, 7) is 13.5. The van der Waals surface area contributed by atoms with Crippen LogP contribution in [0, 0.1) is 17.8 Å². The molecule has 2 saturated heterocycles. The van der Waals surface area contributed by atoms with Gasteiger partial charge in [0, 0.05) is 36.2 Å². The van der Waals surface area contributed by atoms with E-state index in [1.54, 1.807) is 33.9 Å². The summed E-state index contributed by atoms with van der Waals surface area (Å²) in [5.74, 6) is -2.18. The number of hydrogen-bond donors (Lipinski definition) is 3. The van der Waals surface area contributed by atoms with E-state index in [9.17, 15) is 27.6 Å². The van der Waals surface area contributed by atoms with Gasteiger partial charge in [-0.15, -0.1) is 0 Å². The largest absolute Gasteiger partial charge is 0.472 e. The second-order valence-corrected chi connectivity index (χ2v) is 20.4. The van der Waals surface area contributed by atoms with Gasteiger partial charge in [-0.2, -0.15) is 0 Å². The van der Waals surface area contributed by atoms with Gasteiger partial charge in [0.05, 0.1) is 36.4 Å². The molecular formula is C42H58N6O9S. The summed E-state index contributed by atoms with van der Waals surface area (Å²) < 4.78 is 45.5. The molecule has 3 aliphatic heterocycles. The van der Waals surface area contributed by atoms with Gasteiger partial charge in [0.2, 0.25) is 27.7 Å². The molecule has 0 radical (unpaired) electrons. The van der Waals surface area contributed by atoms with Crippen LogP contribution in [0.4, 0.5) is 10.5 Å². The number of fused-ring (bicyclic) bond motifs is 3. The van der Waals surface area contributed by atoms with Gasteiger partial charge in [-0.3, -0.25) is 19.1 Å². The van der Waals surface area contributed by atoms with Crippen LogP contribution < -0.4 is 25.0 Å². The summed E-state index contributed by atoms with van der Waals surface area (Å²) in [6.07, 6.45) is 7.36. The SMILES string of the molecule is C[C@H]1CC/C=C\[C@@H]2C[C@@]2(C(=O)NS(=O)(=O)C2(C)CC2)NC(=O)[C@@H]2C[C@@H](Oc3ncc(N4CCOCC4)c4ccccc34)CN2C(=O)[C@@H](NC(=O)OC(C)(C)C)[C@H](C)C1. The summed E-state index contributed by atoms with van der Waals surface area (Å²) >= 11 is 0. The number of morpholine rings is 1. The molecule has 15 nitrogen and oxygen atoms in total. The second-order valence-electron chi connectivity index (χ2n) is 18.2. The number of benzene rings is 1. The smallest absolute Gasteiger partial charge is 0.408 e. The zero-order valence-corrected chi connectivity index (χ0v) is 35.2. The molecule has 58 heavy (non-hydrogen) atoms. The normalized spacial score (nSPS) is 30.8. The molecule has 4 heterocycles. The van der Waals surface area contributed by atoms with Gasteiger partial charge >= 0.3 is 6.09 Å². The van der Waals surface area contributed by atoms with Crippen LogP contribution in [0.1, 0.15) is 86.5 Å². The minimum atomic E-state index is -4.00. The highest BCUT2D eigenvalue weighted by atomic mass is 32.2. The Morgan fingerprint density at radius 3 is 2.45 bits per heavy atom. The Labute approximate surface area is 341 Å². The lowest BCUT2D eigenvalue weighted by Gasteiger charge is -2.33. The monoisotopic (exact) mass is 822 g/mol. The van der Waals surface area contributed by atoms with Gasteiger partial charge in [-0.05, 0) is 84.1 Å². The molecule has 0 unspecified atom stereocenters. The highest BCUT2D eigenvalue weighted by Crippen LogP contribution is 2.48. The number of aromatic nitrogens is 1. The van der Waals surface area contributed by atoms with Crippen molar-refractivity contribution in [1.82, 2.24) is 25.2 Å². The Bertz CT molecular complexity index is 2060. The van der Waals surface area contributed by atoms with E-state index in [4.69, 9.17) is 19.2 Å². The topological polar surface area (TPSA) is 186 Å². The zero-order valence-electron chi connectivity index (χ0n) is 34.4. The van der Waals surface area contributed by atoms with Gasteiger partial charge in [0.15, 0.2) is 0 Å². The van der Waals surface area contributed by atoms with Crippen LogP contribution in [-0.4, -0.2) is 109 Å². The van der Waals surface area contributed by atoms with E-state index >= 15 is 0 Å². The maximum absolute atomic E-state index is 14.9. The Balaban J connectivity index is 1.22. The number of pyridine rings is 1. The van der Waals surface area contributed by atoms with Crippen molar-refractivity contribution in [3.63, 3.8) is 0 Å². The Morgan fingerprint density at radius 1 is 1.05 bits per heavy atom. The molecule has 4 amide bonds. The number of alkyl carbamates (subject to hydrolysis) is 1. The van der Waals surface area contributed by atoms with E-state index in [-0.39, 0.29) is 31.2 Å². The number of nitrogens with zero attached hydrogens (tertiary/aromatic N) is 3. The number of ether oxygens (including phenoxy) is 3. The summed E-state index contributed by atoms with van der Waals surface area (Å²) in [5.41, 5.74) is -1.40. The molecule has 1 aromatic carbocycles. The Morgan fingerprint density at radius 2 is 1.76 bits per heavy atom. The molecule has 2 aromatic rings. The van der Waals surface area contributed by atoms with Gasteiger partial charge < -0.3 is 34.6 Å². The van der Waals surface area contributed by atoms with Crippen molar-refractivity contribution in [2.75, 3.05) is 37.7 Å². The van der Waals surface area contributed by atoms with Crippen LogP contribution in [0.15, 0.2) is 42.6 Å². The molecule has 2 aliphatic carbocycles. The van der Waals surface area contributed by atoms with E-state index in [1.807, 2.05) is 43.3 Å². The van der Waals surface area contributed by atoms with E-state index in [2.05, 4.69) is 27.2 Å². The number of allylic oxidation sites excluding steroid dienone is 1. The molecule has 316 valence electrons. The molecule has 2 saturated carbocycles. The van der Waals surface area contributed by atoms with E-state index in [0.717, 1.165) is 36.0 Å². The van der Waals surface area contributed by atoms with E-state index in [0.29, 0.717) is 44.8 Å². The number of amides is 4. The minimum absolute atomic E-state index is 0.0117. The summed E-state index contributed by atoms with van der Waals surface area (Å²) in [4.78, 5) is 65.2. The Hall–Kier alpha value is -4.44. The van der Waals surface area contributed by atoms with Crippen molar-refractivity contribution >= 4 is 50.3 Å². The number of anilines is 1. The van der Waals surface area contributed by atoms with Gasteiger partial charge in [-0.1, -0.05) is 44.2 Å². The molecule has 5 aliphatic rings. The third kappa shape index (κ3) is 8.77. The fourth-order valence-corrected chi connectivity index (χ4v) is 9.80. The lowest BCUT2D eigenvalue weighted by atomic mass is 9.88. The number of sulfonamides is 1. The third-order valence-corrected chi connectivity index (χ3v) is 14.4. The number of carbonyl (C=O) groups is 4.